The summed E-state index contributed by atoms with van der Waals surface area (Å²) in [5, 5.41) is 4.64. The molecule has 6 nitrogen and oxygen atoms in total. The minimum Gasteiger partial charge on any atom is -0.271 e. The van der Waals surface area contributed by atoms with Crippen molar-refractivity contribution in [2.75, 3.05) is 10.8 Å². The fraction of sp³-hybridized carbons (Fsp3) is 0.167. The molecule has 9 heteroatoms. The molecule has 0 aliphatic rings. The van der Waals surface area contributed by atoms with Crippen LogP contribution in [0.5, 0.6) is 0 Å². The molecule has 1 N–H and O–H groups in total. The SMILES string of the molecule is Cc1ccc(S(=O)(=O)N(CC(=O)N/N=C/c2c(Cl)cccc2Cl)c2ccc(C)c(C)c2)cc1. The number of carbonyl (C=O) groups is 1. The fourth-order valence-corrected chi connectivity index (χ4v) is 4.91. The highest BCUT2D eigenvalue weighted by atomic mass is 35.5. The molecule has 3 aromatic rings. The number of hydrazone groups is 1. The number of hydrogen-bond acceptors (Lipinski definition) is 4. The summed E-state index contributed by atoms with van der Waals surface area (Å²) in [5.74, 6) is -0.622. The predicted molar refractivity (Wildman–Crippen MR) is 134 cm³/mol. The van der Waals surface area contributed by atoms with Gasteiger partial charge in [-0.2, -0.15) is 5.10 Å². The molecule has 0 radical (unpaired) electrons. The Morgan fingerprint density at radius 1 is 0.970 bits per heavy atom. The topological polar surface area (TPSA) is 78.8 Å². The summed E-state index contributed by atoms with van der Waals surface area (Å²) < 4.78 is 27.9. The summed E-state index contributed by atoms with van der Waals surface area (Å²) in [5.41, 5.74) is 6.02. The molecule has 1 amide bonds. The summed E-state index contributed by atoms with van der Waals surface area (Å²) in [6.07, 6.45) is 1.32. The van der Waals surface area contributed by atoms with Crippen molar-refractivity contribution in [1.29, 1.82) is 0 Å². The van der Waals surface area contributed by atoms with E-state index in [1.807, 2.05) is 26.8 Å². The maximum Gasteiger partial charge on any atom is 0.264 e. The number of sulfonamides is 1. The van der Waals surface area contributed by atoms with Crippen molar-refractivity contribution in [3.05, 3.63) is 93.0 Å². The second-order valence-corrected chi connectivity index (χ2v) is 10.2. The van der Waals surface area contributed by atoms with Crippen LogP contribution in [0.2, 0.25) is 10.0 Å². The van der Waals surface area contributed by atoms with Crippen LogP contribution in [0.4, 0.5) is 5.69 Å². The number of benzene rings is 3. The monoisotopic (exact) mass is 503 g/mol. The van der Waals surface area contributed by atoms with Gasteiger partial charge < -0.3 is 0 Å². The third-order valence-electron chi connectivity index (χ3n) is 5.06. The van der Waals surface area contributed by atoms with E-state index in [1.54, 1.807) is 42.5 Å². The second kappa shape index (κ2) is 10.4. The molecule has 0 fully saturated rings. The standard InChI is InChI=1S/C24H23Cl2N3O3S/c1-16-7-11-20(12-8-16)33(31,32)29(19-10-9-17(2)18(3)13-19)15-24(30)28-27-14-21-22(25)5-4-6-23(21)26/h4-14H,15H2,1-3H3,(H,28,30)/b27-14+. The summed E-state index contributed by atoms with van der Waals surface area (Å²) >= 11 is 12.2. The molecular weight excluding hydrogens is 481 g/mol. The summed E-state index contributed by atoms with van der Waals surface area (Å²) in [4.78, 5) is 12.8. The molecule has 0 aliphatic heterocycles. The third kappa shape index (κ3) is 5.93. The van der Waals surface area contributed by atoms with Crippen LogP contribution >= 0.6 is 23.2 Å². The number of anilines is 1. The Labute approximate surface area is 203 Å². The number of rotatable bonds is 7. The number of amides is 1. The van der Waals surface area contributed by atoms with E-state index in [1.165, 1.54) is 18.3 Å². The van der Waals surface area contributed by atoms with E-state index in [-0.39, 0.29) is 4.90 Å². The maximum atomic E-state index is 13.4. The van der Waals surface area contributed by atoms with E-state index in [0.717, 1.165) is 21.0 Å². The smallest absolute Gasteiger partial charge is 0.264 e. The van der Waals surface area contributed by atoms with Gasteiger partial charge in [-0.25, -0.2) is 13.8 Å². The van der Waals surface area contributed by atoms with Crippen LogP contribution in [0.3, 0.4) is 0 Å². The first-order valence-electron chi connectivity index (χ1n) is 10.0. The lowest BCUT2D eigenvalue weighted by atomic mass is 10.1. The van der Waals surface area contributed by atoms with E-state index in [2.05, 4.69) is 10.5 Å². The number of hydrogen-bond donors (Lipinski definition) is 1. The van der Waals surface area contributed by atoms with Crippen molar-refractivity contribution < 1.29 is 13.2 Å². The summed E-state index contributed by atoms with van der Waals surface area (Å²) in [6.45, 7) is 5.22. The van der Waals surface area contributed by atoms with Crippen molar-refractivity contribution in [3.63, 3.8) is 0 Å². The lowest BCUT2D eigenvalue weighted by Crippen LogP contribution is -2.39. The molecule has 3 rings (SSSR count). The molecule has 0 saturated heterocycles. The zero-order chi connectivity index (χ0) is 24.2. The Kier molecular flexibility index (Phi) is 7.79. The Hall–Kier alpha value is -2.87. The third-order valence-corrected chi connectivity index (χ3v) is 7.50. The molecule has 33 heavy (non-hydrogen) atoms. The molecule has 0 heterocycles. The van der Waals surface area contributed by atoms with E-state index in [0.29, 0.717) is 21.3 Å². The van der Waals surface area contributed by atoms with Crippen molar-refractivity contribution in [2.45, 2.75) is 25.7 Å². The van der Waals surface area contributed by atoms with Gasteiger partial charge in [0.25, 0.3) is 15.9 Å². The van der Waals surface area contributed by atoms with Gasteiger partial charge in [-0.1, -0.05) is 53.0 Å². The Morgan fingerprint density at radius 3 is 2.21 bits per heavy atom. The molecule has 0 atom stereocenters. The Bertz CT molecular complexity index is 1290. The molecule has 0 saturated carbocycles. The van der Waals surface area contributed by atoms with Gasteiger partial charge in [0.2, 0.25) is 0 Å². The average Bonchev–Trinajstić information content (AvgIpc) is 2.76. The zero-order valence-electron chi connectivity index (χ0n) is 18.3. The van der Waals surface area contributed by atoms with Crippen LogP contribution in [-0.4, -0.2) is 27.1 Å². The van der Waals surface area contributed by atoms with Crippen LogP contribution in [0.25, 0.3) is 0 Å². The Morgan fingerprint density at radius 2 is 1.61 bits per heavy atom. The van der Waals surface area contributed by atoms with Gasteiger partial charge in [0.1, 0.15) is 6.54 Å². The van der Waals surface area contributed by atoms with E-state index in [4.69, 9.17) is 23.2 Å². The lowest BCUT2D eigenvalue weighted by molar-refractivity contribution is -0.119. The van der Waals surface area contributed by atoms with E-state index < -0.39 is 22.5 Å². The van der Waals surface area contributed by atoms with Crippen LogP contribution in [0, 0.1) is 20.8 Å². The van der Waals surface area contributed by atoms with Gasteiger partial charge in [0.15, 0.2) is 0 Å². The molecule has 0 aromatic heterocycles. The minimum atomic E-state index is -4.01. The molecule has 0 aliphatic carbocycles. The first-order chi connectivity index (χ1) is 15.6. The number of halogens is 2. The second-order valence-electron chi connectivity index (χ2n) is 7.52. The van der Waals surface area contributed by atoms with Gasteiger partial charge in [-0.05, 0) is 68.3 Å². The van der Waals surface area contributed by atoms with Gasteiger partial charge in [0, 0.05) is 5.56 Å². The zero-order valence-corrected chi connectivity index (χ0v) is 20.7. The number of nitrogens with one attached hydrogen (secondary N) is 1. The first-order valence-corrected chi connectivity index (χ1v) is 12.2. The molecule has 0 bridgehead atoms. The van der Waals surface area contributed by atoms with Crippen LogP contribution in [0.1, 0.15) is 22.3 Å². The van der Waals surface area contributed by atoms with Crippen LogP contribution in [-0.2, 0) is 14.8 Å². The minimum absolute atomic E-state index is 0.0884. The van der Waals surface area contributed by atoms with Crippen LogP contribution < -0.4 is 9.73 Å². The number of aryl methyl sites for hydroxylation is 3. The van der Waals surface area contributed by atoms with Crippen molar-refractivity contribution in [3.8, 4) is 0 Å². The molecule has 0 unspecified atom stereocenters. The highest BCUT2D eigenvalue weighted by Crippen LogP contribution is 2.26. The quantitative estimate of drug-likeness (QED) is 0.352. The molecule has 172 valence electrons. The largest absolute Gasteiger partial charge is 0.271 e. The molecule has 3 aromatic carbocycles. The van der Waals surface area contributed by atoms with Gasteiger partial charge >= 0.3 is 0 Å². The summed E-state index contributed by atoms with van der Waals surface area (Å²) in [6, 6.07) is 16.7. The number of nitrogens with zero attached hydrogens (tertiary/aromatic N) is 2. The highest BCUT2D eigenvalue weighted by molar-refractivity contribution is 7.92. The Balaban J connectivity index is 1.89. The average molecular weight is 504 g/mol. The van der Waals surface area contributed by atoms with Crippen molar-refractivity contribution >= 4 is 51.0 Å². The molecular formula is C24H23Cl2N3O3S. The maximum absolute atomic E-state index is 13.4. The fourth-order valence-electron chi connectivity index (χ4n) is 3.00. The van der Waals surface area contributed by atoms with E-state index in [9.17, 15) is 13.2 Å². The number of carbonyl (C=O) groups excluding carboxylic acids is 1. The van der Waals surface area contributed by atoms with Gasteiger partial charge in [0.05, 0.1) is 26.8 Å². The molecule has 0 spiro atoms. The van der Waals surface area contributed by atoms with Crippen molar-refractivity contribution in [2.24, 2.45) is 5.10 Å². The van der Waals surface area contributed by atoms with Crippen LogP contribution in [0.15, 0.2) is 70.7 Å². The summed E-state index contributed by atoms with van der Waals surface area (Å²) in [7, 11) is -4.01. The van der Waals surface area contributed by atoms with Gasteiger partial charge in [-0.3, -0.25) is 9.10 Å². The first kappa shape index (κ1) is 24.8. The van der Waals surface area contributed by atoms with Crippen molar-refractivity contribution in [1.82, 2.24) is 5.43 Å². The van der Waals surface area contributed by atoms with Gasteiger partial charge in [-0.15, -0.1) is 0 Å². The normalized spacial score (nSPS) is 11.5. The van der Waals surface area contributed by atoms with E-state index >= 15 is 0 Å². The highest BCUT2D eigenvalue weighted by Gasteiger charge is 2.27. The lowest BCUT2D eigenvalue weighted by Gasteiger charge is -2.24. The predicted octanol–water partition coefficient (Wildman–Crippen LogP) is 5.26.